The van der Waals surface area contributed by atoms with Crippen molar-refractivity contribution in [2.24, 2.45) is 0 Å². The van der Waals surface area contributed by atoms with E-state index >= 15 is 0 Å². The molecular formula is C17H10BrN5O3S. The van der Waals surface area contributed by atoms with Gasteiger partial charge in [-0.15, -0.1) is 0 Å². The van der Waals surface area contributed by atoms with Gasteiger partial charge in [-0.3, -0.25) is 24.3 Å². The van der Waals surface area contributed by atoms with Crippen molar-refractivity contribution in [2.45, 2.75) is 10.1 Å². The van der Waals surface area contributed by atoms with Gasteiger partial charge >= 0.3 is 0 Å². The minimum absolute atomic E-state index is 0.000653. The second-order valence-corrected chi connectivity index (χ2v) is 7.45. The zero-order chi connectivity index (χ0) is 19.1. The summed E-state index contributed by atoms with van der Waals surface area (Å²) in [6.07, 6.45) is 3.23. The Labute approximate surface area is 165 Å². The fourth-order valence-electron chi connectivity index (χ4n) is 2.71. The predicted octanol–water partition coefficient (Wildman–Crippen LogP) is 2.01. The second-order valence-electron chi connectivity index (χ2n) is 5.53. The highest BCUT2D eigenvalue weighted by molar-refractivity contribution is 9.10. The van der Waals surface area contributed by atoms with E-state index in [4.69, 9.17) is 5.73 Å². The zero-order valence-corrected chi connectivity index (χ0v) is 15.9. The molecule has 10 heteroatoms. The molecule has 3 aromatic rings. The van der Waals surface area contributed by atoms with Crippen molar-refractivity contribution in [1.29, 1.82) is 0 Å². The van der Waals surface area contributed by atoms with Crippen molar-refractivity contribution in [3.05, 3.63) is 68.7 Å². The number of nitrogens with zero attached hydrogens (tertiary/aromatic N) is 3. The van der Waals surface area contributed by atoms with Crippen molar-refractivity contribution in [3.63, 3.8) is 0 Å². The number of hydrogen-bond donors (Lipinski definition) is 2. The van der Waals surface area contributed by atoms with Crippen LogP contribution in [-0.2, 0) is 0 Å². The number of imide groups is 1. The van der Waals surface area contributed by atoms with Crippen LogP contribution in [0, 0.1) is 0 Å². The molecule has 0 unspecified atom stereocenters. The summed E-state index contributed by atoms with van der Waals surface area (Å²) in [6.45, 7) is 0. The maximum Gasteiger partial charge on any atom is 0.262 e. The Morgan fingerprint density at radius 1 is 1.07 bits per heavy atom. The summed E-state index contributed by atoms with van der Waals surface area (Å²) in [4.78, 5) is 45.6. The van der Waals surface area contributed by atoms with Crippen LogP contribution in [-0.4, -0.2) is 26.3 Å². The lowest BCUT2D eigenvalue weighted by Gasteiger charge is -2.15. The molecule has 27 heavy (non-hydrogen) atoms. The predicted molar refractivity (Wildman–Crippen MR) is 102 cm³/mol. The molecule has 0 saturated heterocycles. The molecule has 0 atom stereocenters. The molecule has 1 aliphatic rings. The Kier molecular flexibility index (Phi) is 4.28. The van der Waals surface area contributed by atoms with Crippen LogP contribution in [0.25, 0.3) is 5.69 Å². The Morgan fingerprint density at radius 3 is 2.52 bits per heavy atom. The average Bonchev–Trinajstić information content (AvgIpc) is 2.92. The van der Waals surface area contributed by atoms with Gasteiger partial charge < -0.3 is 5.73 Å². The highest BCUT2D eigenvalue weighted by Crippen LogP contribution is 2.32. The van der Waals surface area contributed by atoms with Gasteiger partial charge in [-0.1, -0.05) is 12.1 Å². The monoisotopic (exact) mass is 443 g/mol. The van der Waals surface area contributed by atoms with Crippen LogP contribution in [0.2, 0.25) is 0 Å². The van der Waals surface area contributed by atoms with Crippen LogP contribution in [0.3, 0.4) is 0 Å². The molecule has 0 fully saturated rings. The van der Waals surface area contributed by atoms with Gasteiger partial charge in [0.2, 0.25) is 0 Å². The fourth-order valence-corrected chi connectivity index (χ4v) is 3.73. The number of benzene rings is 1. The Hall–Kier alpha value is -2.98. The first-order valence-corrected chi connectivity index (χ1v) is 9.22. The van der Waals surface area contributed by atoms with E-state index in [2.05, 4.69) is 31.2 Å². The number of hydrogen-bond acceptors (Lipinski definition) is 7. The topological polar surface area (TPSA) is 120 Å². The van der Waals surface area contributed by atoms with Gasteiger partial charge in [-0.05, 0) is 39.8 Å². The smallest absolute Gasteiger partial charge is 0.262 e. The van der Waals surface area contributed by atoms with Crippen LogP contribution in [0.1, 0.15) is 20.7 Å². The highest BCUT2D eigenvalue weighted by atomic mass is 79.9. The number of aromatic nitrogens is 3. The number of amides is 2. The number of para-hydroxylation sites is 1. The molecule has 2 aromatic heterocycles. The lowest BCUT2D eigenvalue weighted by atomic mass is 10.1. The Balaban J connectivity index is 1.87. The summed E-state index contributed by atoms with van der Waals surface area (Å²) in [5.74, 6) is -1.34. The van der Waals surface area contributed by atoms with E-state index in [1.165, 1.54) is 16.3 Å². The number of carbonyl (C=O) groups is 2. The summed E-state index contributed by atoms with van der Waals surface area (Å²) in [5, 5.41) is 2.63. The minimum atomic E-state index is -0.628. The zero-order valence-electron chi connectivity index (χ0n) is 13.5. The van der Waals surface area contributed by atoms with Crippen molar-refractivity contribution in [1.82, 2.24) is 19.9 Å². The lowest BCUT2D eigenvalue weighted by molar-refractivity contribution is 0.0880. The van der Waals surface area contributed by atoms with Crippen LogP contribution < -0.4 is 16.6 Å². The Bertz CT molecular complexity index is 1160. The Morgan fingerprint density at radius 2 is 1.78 bits per heavy atom. The maximum absolute atomic E-state index is 12.6. The van der Waals surface area contributed by atoms with Crippen molar-refractivity contribution in [3.8, 4) is 5.69 Å². The van der Waals surface area contributed by atoms with E-state index in [0.29, 0.717) is 15.7 Å². The van der Waals surface area contributed by atoms with E-state index in [1.807, 2.05) is 0 Å². The standard InChI is InChI=1S/C17H10BrN5O3S/c18-8-6-20-17(21-7-8)27-11-4-2-1-3-10(11)23-12(24)5-9-13(14(23)19)16(26)22-15(9)25/h1-7H,19H2,(H,22,25,26). The molecule has 0 aliphatic carbocycles. The third kappa shape index (κ3) is 3.02. The van der Waals surface area contributed by atoms with E-state index in [0.717, 1.165) is 10.5 Å². The van der Waals surface area contributed by atoms with E-state index in [9.17, 15) is 14.4 Å². The number of anilines is 1. The van der Waals surface area contributed by atoms with Gasteiger partial charge in [-0.2, -0.15) is 0 Å². The van der Waals surface area contributed by atoms with Crippen molar-refractivity contribution in [2.75, 3.05) is 5.73 Å². The lowest BCUT2D eigenvalue weighted by Crippen LogP contribution is -2.24. The number of nitrogens with two attached hydrogens (primary N) is 1. The van der Waals surface area contributed by atoms with Gasteiger partial charge in [0.15, 0.2) is 5.16 Å². The third-order valence-corrected chi connectivity index (χ3v) is 5.23. The number of carbonyl (C=O) groups excluding carboxylic acids is 2. The number of pyridine rings is 1. The largest absolute Gasteiger partial charge is 0.384 e. The molecule has 8 nitrogen and oxygen atoms in total. The number of nitrogen functional groups attached to an aromatic ring is 1. The van der Waals surface area contributed by atoms with Crippen molar-refractivity contribution >= 4 is 45.3 Å². The molecule has 2 amide bonds. The van der Waals surface area contributed by atoms with Gasteiger partial charge in [-0.25, -0.2) is 9.97 Å². The second kappa shape index (κ2) is 6.63. The van der Waals surface area contributed by atoms with E-state index in [1.54, 1.807) is 36.7 Å². The number of fused-ring (bicyclic) bond motifs is 1. The van der Waals surface area contributed by atoms with Gasteiger partial charge in [0.1, 0.15) is 5.82 Å². The molecule has 1 aromatic carbocycles. The summed E-state index contributed by atoms with van der Waals surface area (Å²) in [6, 6.07) is 8.14. The summed E-state index contributed by atoms with van der Waals surface area (Å²) in [5.41, 5.74) is 6.04. The van der Waals surface area contributed by atoms with E-state index in [-0.39, 0.29) is 16.9 Å². The molecule has 0 saturated carbocycles. The molecular weight excluding hydrogens is 434 g/mol. The van der Waals surface area contributed by atoms with Gasteiger partial charge in [0.25, 0.3) is 17.4 Å². The molecule has 3 N–H and O–H groups in total. The first-order valence-electron chi connectivity index (χ1n) is 7.61. The minimum Gasteiger partial charge on any atom is -0.384 e. The number of nitrogens with one attached hydrogen (secondary N) is 1. The molecule has 0 radical (unpaired) electrons. The third-order valence-electron chi connectivity index (χ3n) is 3.86. The molecule has 3 heterocycles. The summed E-state index contributed by atoms with van der Waals surface area (Å²) < 4.78 is 1.95. The number of halogens is 1. The number of rotatable bonds is 3. The normalized spacial score (nSPS) is 12.8. The fraction of sp³-hybridized carbons (Fsp3) is 0. The molecule has 1 aliphatic heterocycles. The van der Waals surface area contributed by atoms with Gasteiger partial charge in [0.05, 0.1) is 21.3 Å². The quantitative estimate of drug-likeness (QED) is 0.469. The first kappa shape index (κ1) is 17.4. The molecule has 0 bridgehead atoms. The maximum atomic E-state index is 12.6. The average molecular weight is 444 g/mol. The van der Waals surface area contributed by atoms with Crippen LogP contribution >= 0.6 is 27.7 Å². The van der Waals surface area contributed by atoms with E-state index < -0.39 is 17.4 Å². The first-order chi connectivity index (χ1) is 13.0. The molecule has 134 valence electrons. The highest BCUT2D eigenvalue weighted by Gasteiger charge is 2.32. The summed E-state index contributed by atoms with van der Waals surface area (Å²) >= 11 is 4.52. The summed E-state index contributed by atoms with van der Waals surface area (Å²) in [7, 11) is 0. The molecule has 4 rings (SSSR count). The molecule has 0 spiro atoms. The van der Waals surface area contributed by atoms with Crippen LogP contribution in [0.15, 0.2) is 62.0 Å². The van der Waals surface area contributed by atoms with Crippen molar-refractivity contribution < 1.29 is 9.59 Å². The van der Waals surface area contributed by atoms with Gasteiger partial charge in [0, 0.05) is 23.4 Å². The van der Waals surface area contributed by atoms with Crippen LogP contribution in [0.4, 0.5) is 5.82 Å². The SMILES string of the molecule is Nc1c2c(cc(=O)n1-c1ccccc1Sc1ncc(Br)cn1)C(=O)NC2=O. The van der Waals surface area contributed by atoms with Crippen LogP contribution in [0.5, 0.6) is 0 Å².